The molecule has 1 amide bonds. The van der Waals surface area contributed by atoms with E-state index >= 15 is 4.39 Å². The molecule has 0 spiro atoms. The van der Waals surface area contributed by atoms with Crippen LogP contribution < -0.4 is 5.32 Å². The van der Waals surface area contributed by atoms with Gasteiger partial charge in [0.1, 0.15) is 28.8 Å². The molecule has 4 aromatic carbocycles. The Kier molecular flexibility index (Phi) is 9.56. The van der Waals surface area contributed by atoms with Crippen LogP contribution in [0.2, 0.25) is 0 Å². The normalized spacial score (nSPS) is 16.9. The van der Waals surface area contributed by atoms with E-state index in [9.17, 15) is 14.0 Å². The fourth-order valence-corrected chi connectivity index (χ4v) is 7.09. The monoisotopic (exact) mass is 685 g/mol. The molecule has 0 saturated heterocycles. The Morgan fingerprint density at radius 2 is 1.65 bits per heavy atom. The van der Waals surface area contributed by atoms with Gasteiger partial charge in [0, 0.05) is 42.2 Å². The number of benzene rings is 4. The van der Waals surface area contributed by atoms with Gasteiger partial charge in [0.25, 0.3) is 5.91 Å². The Labute approximate surface area is 294 Å². The Balaban J connectivity index is 1.23. The first kappa shape index (κ1) is 33.9. The Morgan fingerprint density at radius 3 is 2.35 bits per heavy atom. The molecule has 0 aliphatic heterocycles. The average Bonchev–Trinajstić information content (AvgIpc) is 3.51. The van der Waals surface area contributed by atoms with Crippen LogP contribution >= 0.6 is 0 Å². The van der Waals surface area contributed by atoms with Gasteiger partial charge in [-0.05, 0) is 96.1 Å². The van der Waals surface area contributed by atoms with Crippen LogP contribution in [0.5, 0.6) is 0 Å². The first-order chi connectivity index (χ1) is 24.8. The highest BCUT2D eigenvalue weighted by Crippen LogP contribution is 2.48. The lowest BCUT2D eigenvalue weighted by atomic mass is 9.62. The number of halogens is 2. The fourth-order valence-electron chi connectivity index (χ4n) is 7.09. The van der Waals surface area contributed by atoms with Crippen LogP contribution in [0.1, 0.15) is 70.3 Å². The number of nitrogens with zero attached hydrogens (tertiary/aromatic N) is 2. The molecule has 1 N–H and O–H groups in total. The minimum absolute atomic E-state index is 0.0208. The summed E-state index contributed by atoms with van der Waals surface area (Å²) in [4.78, 5) is 36.3. The Hall–Kier alpha value is -5.54. The molecular weight excluding hydrogens is 648 g/mol. The number of aryl methyl sites for hydroxylation is 1. The number of furan rings is 1. The molecule has 258 valence electrons. The largest absolute Gasteiger partial charge is 0.455 e. The highest BCUT2D eigenvalue weighted by molar-refractivity contribution is 6.12. The third-order valence-electron chi connectivity index (χ3n) is 9.68. The first-order valence-corrected chi connectivity index (χ1v) is 17.1. The lowest BCUT2D eigenvalue weighted by Crippen LogP contribution is -2.48. The Morgan fingerprint density at radius 1 is 0.922 bits per heavy atom. The van der Waals surface area contributed by atoms with Crippen LogP contribution in [-0.2, 0) is 23.2 Å². The summed E-state index contributed by atoms with van der Waals surface area (Å²) in [6, 6.07) is 25.7. The molecule has 0 bridgehead atoms. The van der Waals surface area contributed by atoms with Gasteiger partial charge in [0.05, 0.1) is 23.8 Å². The summed E-state index contributed by atoms with van der Waals surface area (Å²) < 4.78 is 41.8. The van der Waals surface area contributed by atoms with Gasteiger partial charge in [-0.1, -0.05) is 49.7 Å². The van der Waals surface area contributed by atoms with Crippen LogP contribution in [0, 0.1) is 11.6 Å². The van der Waals surface area contributed by atoms with Crippen molar-refractivity contribution < 1.29 is 27.5 Å². The number of ether oxygens (including phenoxy) is 1. The summed E-state index contributed by atoms with van der Waals surface area (Å²) in [5.74, 6) is -0.870. The number of ketones is 1. The second-order valence-electron chi connectivity index (χ2n) is 13.1. The van der Waals surface area contributed by atoms with E-state index in [-0.39, 0.29) is 29.8 Å². The number of amides is 1. The van der Waals surface area contributed by atoms with Crippen molar-refractivity contribution in [2.45, 2.75) is 57.2 Å². The van der Waals surface area contributed by atoms with E-state index in [1.54, 1.807) is 42.7 Å². The van der Waals surface area contributed by atoms with E-state index < -0.39 is 17.0 Å². The van der Waals surface area contributed by atoms with Gasteiger partial charge in [0.15, 0.2) is 5.78 Å². The highest BCUT2D eigenvalue weighted by atomic mass is 19.1. The molecule has 6 aromatic rings. The van der Waals surface area contributed by atoms with Crippen molar-refractivity contribution in [3.05, 3.63) is 143 Å². The maximum Gasteiger partial charge on any atom is 0.255 e. The number of aromatic nitrogens is 2. The van der Waals surface area contributed by atoms with Crippen molar-refractivity contribution in [1.82, 2.24) is 15.3 Å². The SMILES string of the molecule is CCCc1cc2oc(-c3ccc(F)cc3)c(C(=O)NC)c2cc1-c1ccc(F)c(C(=O)CC2(c3ncccn3)CC(OCc3ccccc3)C2)c1. The zero-order valence-corrected chi connectivity index (χ0v) is 28.4. The van der Waals surface area contributed by atoms with Crippen LogP contribution in [0.25, 0.3) is 33.4 Å². The molecule has 2 heterocycles. The Bertz CT molecular complexity index is 2200. The van der Waals surface area contributed by atoms with Crippen LogP contribution in [0.4, 0.5) is 8.78 Å². The van der Waals surface area contributed by atoms with E-state index in [2.05, 4.69) is 22.2 Å². The van der Waals surface area contributed by atoms with Gasteiger partial charge in [-0.25, -0.2) is 18.7 Å². The number of nitrogens with one attached hydrogen (secondary N) is 1. The fraction of sp³-hybridized carbons (Fsp3) is 0.238. The lowest BCUT2D eigenvalue weighted by molar-refractivity contribution is -0.0582. The lowest BCUT2D eigenvalue weighted by Gasteiger charge is -2.45. The van der Waals surface area contributed by atoms with Gasteiger partial charge in [-0.15, -0.1) is 0 Å². The smallest absolute Gasteiger partial charge is 0.255 e. The zero-order valence-electron chi connectivity index (χ0n) is 28.4. The van der Waals surface area contributed by atoms with Gasteiger partial charge < -0.3 is 14.5 Å². The van der Waals surface area contributed by atoms with Crippen molar-refractivity contribution in [2.24, 2.45) is 0 Å². The minimum atomic E-state index is -0.690. The predicted octanol–water partition coefficient (Wildman–Crippen LogP) is 9.04. The number of fused-ring (bicyclic) bond motifs is 1. The van der Waals surface area contributed by atoms with E-state index in [0.29, 0.717) is 65.1 Å². The summed E-state index contributed by atoms with van der Waals surface area (Å²) in [5, 5.41) is 3.24. The molecule has 0 radical (unpaired) electrons. The maximum absolute atomic E-state index is 15.6. The quantitative estimate of drug-likeness (QED) is 0.129. The number of carbonyl (C=O) groups is 2. The van der Waals surface area contributed by atoms with Crippen molar-refractivity contribution in [2.75, 3.05) is 7.05 Å². The summed E-state index contributed by atoms with van der Waals surface area (Å²) in [6.07, 6.45) is 5.80. The zero-order chi connectivity index (χ0) is 35.5. The van der Waals surface area contributed by atoms with Crippen LogP contribution in [-0.4, -0.2) is 34.8 Å². The third-order valence-corrected chi connectivity index (χ3v) is 9.68. The minimum Gasteiger partial charge on any atom is -0.455 e. The molecule has 7 nitrogen and oxygen atoms in total. The number of hydrogen-bond donors (Lipinski definition) is 1. The maximum atomic E-state index is 15.6. The molecular formula is C42H37F2N3O4. The number of carbonyl (C=O) groups excluding carboxylic acids is 2. The number of Topliss-reactive ketones (excluding diaryl/α,β-unsaturated/α-hetero) is 1. The molecule has 1 saturated carbocycles. The van der Waals surface area contributed by atoms with Gasteiger partial charge in [-0.2, -0.15) is 0 Å². The van der Waals surface area contributed by atoms with Crippen molar-refractivity contribution in [3.8, 4) is 22.5 Å². The van der Waals surface area contributed by atoms with Crippen molar-refractivity contribution in [3.63, 3.8) is 0 Å². The van der Waals surface area contributed by atoms with Gasteiger partial charge in [0.2, 0.25) is 0 Å². The van der Waals surface area contributed by atoms with Crippen molar-refractivity contribution in [1.29, 1.82) is 0 Å². The molecule has 51 heavy (non-hydrogen) atoms. The molecule has 0 unspecified atom stereocenters. The summed E-state index contributed by atoms with van der Waals surface area (Å²) in [6.45, 7) is 2.51. The molecule has 1 fully saturated rings. The second kappa shape index (κ2) is 14.4. The average molecular weight is 686 g/mol. The number of rotatable bonds is 12. The standard InChI is InChI=1S/C42H37F2N3O4/c1-3-8-28-20-37-34(38(40(49)45-2)39(51-37)27-11-14-30(43)15-12-27)21-32(28)29-13-16-35(44)33(19-29)36(48)24-42(41-46-17-7-18-47-41)22-31(23-42)50-25-26-9-5-4-6-10-26/h4-7,9-21,31H,3,8,22-25H2,1-2H3,(H,45,49). The van der Waals surface area contributed by atoms with E-state index in [1.807, 2.05) is 42.5 Å². The summed E-state index contributed by atoms with van der Waals surface area (Å²) >= 11 is 0. The molecule has 2 aromatic heterocycles. The third kappa shape index (κ3) is 6.81. The van der Waals surface area contributed by atoms with E-state index in [0.717, 1.165) is 23.1 Å². The molecule has 1 aliphatic rings. The molecule has 9 heteroatoms. The van der Waals surface area contributed by atoms with E-state index in [4.69, 9.17) is 9.15 Å². The van der Waals surface area contributed by atoms with Crippen LogP contribution in [0.3, 0.4) is 0 Å². The van der Waals surface area contributed by atoms with Gasteiger partial charge in [-0.3, -0.25) is 9.59 Å². The second-order valence-corrected chi connectivity index (χ2v) is 13.1. The predicted molar refractivity (Wildman–Crippen MR) is 191 cm³/mol. The summed E-state index contributed by atoms with van der Waals surface area (Å²) in [7, 11) is 1.53. The molecule has 7 rings (SSSR count). The molecule has 1 aliphatic carbocycles. The van der Waals surface area contributed by atoms with Crippen molar-refractivity contribution >= 4 is 22.7 Å². The summed E-state index contributed by atoms with van der Waals surface area (Å²) in [5.41, 5.74) is 4.02. The number of hydrogen-bond acceptors (Lipinski definition) is 6. The topological polar surface area (TPSA) is 94.3 Å². The van der Waals surface area contributed by atoms with Gasteiger partial charge >= 0.3 is 0 Å². The molecule has 0 atom stereocenters. The van der Waals surface area contributed by atoms with E-state index in [1.165, 1.54) is 25.2 Å². The van der Waals surface area contributed by atoms with Crippen LogP contribution in [0.15, 0.2) is 108 Å². The highest BCUT2D eigenvalue weighted by Gasteiger charge is 2.50. The first-order valence-electron chi connectivity index (χ1n) is 17.1.